The van der Waals surface area contributed by atoms with Crippen molar-refractivity contribution in [2.75, 3.05) is 7.11 Å². The molecule has 1 atom stereocenters. The van der Waals surface area contributed by atoms with Crippen molar-refractivity contribution >= 4 is 6.08 Å². The molecule has 1 fully saturated rings. The molecular formula is C14H17NO2. The zero-order valence-corrected chi connectivity index (χ0v) is 10.1. The van der Waals surface area contributed by atoms with Gasteiger partial charge in [-0.3, -0.25) is 0 Å². The van der Waals surface area contributed by atoms with Crippen molar-refractivity contribution in [1.82, 2.24) is 0 Å². The van der Waals surface area contributed by atoms with Gasteiger partial charge in [-0.05, 0) is 24.8 Å². The number of para-hydroxylation sites is 1. The van der Waals surface area contributed by atoms with E-state index >= 15 is 0 Å². The molecule has 1 unspecified atom stereocenters. The Balaban J connectivity index is 2.34. The number of benzene rings is 1. The minimum absolute atomic E-state index is 0.0915. The van der Waals surface area contributed by atoms with Crippen LogP contribution in [0.2, 0.25) is 0 Å². The number of hydrogen-bond donors (Lipinski definition) is 0. The summed E-state index contributed by atoms with van der Waals surface area (Å²) < 4.78 is 5.34. The van der Waals surface area contributed by atoms with Crippen LogP contribution in [0.5, 0.6) is 5.75 Å². The zero-order chi connectivity index (χ0) is 12.1. The van der Waals surface area contributed by atoms with Gasteiger partial charge in [0.1, 0.15) is 5.75 Å². The highest BCUT2D eigenvalue weighted by atomic mass is 16.5. The molecule has 0 aromatic heterocycles. The smallest absolute Gasteiger partial charge is 0.235 e. The van der Waals surface area contributed by atoms with Crippen molar-refractivity contribution in [1.29, 1.82) is 0 Å². The lowest BCUT2D eigenvalue weighted by molar-refractivity contribution is 0.385. The zero-order valence-electron chi connectivity index (χ0n) is 10.1. The minimum Gasteiger partial charge on any atom is -0.496 e. The number of methoxy groups -OCH3 is 1. The molecule has 1 aliphatic rings. The third-order valence-corrected chi connectivity index (χ3v) is 3.50. The molecule has 0 saturated heterocycles. The van der Waals surface area contributed by atoms with Gasteiger partial charge < -0.3 is 4.74 Å². The molecule has 0 amide bonds. The van der Waals surface area contributed by atoms with Gasteiger partial charge in [0.2, 0.25) is 6.08 Å². The van der Waals surface area contributed by atoms with E-state index in [1.165, 1.54) is 12.8 Å². The Morgan fingerprint density at radius 2 is 2.06 bits per heavy atom. The molecule has 1 aliphatic carbocycles. The lowest BCUT2D eigenvalue weighted by atomic mass is 9.91. The second kappa shape index (κ2) is 5.65. The topological polar surface area (TPSA) is 38.7 Å². The molecule has 0 N–H and O–H groups in total. The van der Waals surface area contributed by atoms with Crippen LogP contribution in [-0.2, 0) is 4.79 Å². The largest absolute Gasteiger partial charge is 0.496 e. The average Bonchev–Trinajstić information content (AvgIpc) is 2.89. The number of hydrogen-bond acceptors (Lipinski definition) is 3. The summed E-state index contributed by atoms with van der Waals surface area (Å²) in [5.74, 6) is 1.26. The molecule has 17 heavy (non-hydrogen) atoms. The fourth-order valence-corrected chi connectivity index (χ4v) is 2.67. The maximum atomic E-state index is 10.6. The van der Waals surface area contributed by atoms with Gasteiger partial charge in [0.25, 0.3) is 0 Å². The Kier molecular flexibility index (Phi) is 3.94. The van der Waals surface area contributed by atoms with Gasteiger partial charge in [-0.2, -0.15) is 4.99 Å². The summed E-state index contributed by atoms with van der Waals surface area (Å²) in [7, 11) is 1.65. The standard InChI is InChI=1S/C14H17NO2/c1-17-13-9-5-4-8-12(13)14(15-10-16)11-6-2-3-7-11/h4-5,8-9,11,14H,2-3,6-7H2,1H3. The van der Waals surface area contributed by atoms with Crippen molar-refractivity contribution < 1.29 is 9.53 Å². The molecule has 0 spiro atoms. The Labute approximate surface area is 102 Å². The molecule has 3 nitrogen and oxygen atoms in total. The molecule has 1 saturated carbocycles. The maximum Gasteiger partial charge on any atom is 0.235 e. The van der Waals surface area contributed by atoms with Gasteiger partial charge in [-0.25, -0.2) is 4.79 Å². The summed E-state index contributed by atoms with van der Waals surface area (Å²) in [6.07, 6.45) is 6.43. The van der Waals surface area contributed by atoms with Crippen molar-refractivity contribution in [3.63, 3.8) is 0 Å². The summed E-state index contributed by atoms with van der Waals surface area (Å²) in [5.41, 5.74) is 1.00. The third-order valence-electron chi connectivity index (χ3n) is 3.50. The van der Waals surface area contributed by atoms with Crippen LogP contribution in [0.25, 0.3) is 0 Å². The minimum atomic E-state index is -0.0915. The first kappa shape index (κ1) is 11.9. The second-order valence-corrected chi connectivity index (χ2v) is 4.45. The fraction of sp³-hybridized carbons (Fsp3) is 0.500. The van der Waals surface area contributed by atoms with Crippen LogP contribution in [-0.4, -0.2) is 13.2 Å². The number of rotatable bonds is 4. The van der Waals surface area contributed by atoms with Gasteiger partial charge >= 0.3 is 0 Å². The van der Waals surface area contributed by atoms with Crippen LogP contribution in [0.1, 0.15) is 37.3 Å². The lowest BCUT2D eigenvalue weighted by Crippen LogP contribution is -2.08. The van der Waals surface area contributed by atoms with Crippen molar-refractivity contribution in [3.05, 3.63) is 29.8 Å². The number of nitrogens with zero attached hydrogens (tertiary/aromatic N) is 1. The van der Waals surface area contributed by atoms with Crippen LogP contribution in [0, 0.1) is 5.92 Å². The van der Waals surface area contributed by atoms with Crippen molar-refractivity contribution in [2.45, 2.75) is 31.7 Å². The normalized spacial score (nSPS) is 17.5. The Hall–Kier alpha value is -1.60. The van der Waals surface area contributed by atoms with E-state index in [0.29, 0.717) is 5.92 Å². The Bertz CT molecular complexity index is 418. The molecule has 90 valence electrons. The van der Waals surface area contributed by atoms with Crippen molar-refractivity contribution in [3.8, 4) is 5.75 Å². The first-order chi connectivity index (χ1) is 8.36. The summed E-state index contributed by atoms with van der Waals surface area (Å²) in [5, 5.41) is 0. The van der Waals surface area contributed by atoms with Crippen LogP contribution in [0.15, 0.2) is 29.3 Å². The van der Waals surface area contributed by atoms with E-state index in [1.54, 1.807) is 13.2 Å². The molecule has 0 radical (unpaired) electrons. The summed E-state index contributed by atoms with van der Waals surface area (Å²) in [6, 6.07) is 7.70. The molecule has 0 aliphatic heterocycles. The SMILES string of the molecule is COc1ccccc1C(N=C=O)C1CCCC1. The van der Waals surface area contributed by atoms with Gasteiger partial charge in [-0.15, -0.1) is 0 Å². The Morgan fingerprint density at radius 3 is 2.71 bits per heavy atom. The first-order valence-corrected chi connectivity index (χ1v) is 6.06. The molecule has 3 heteroatoms. The van der Waals surface area contributed by atoms with E-state index in [9.17, 15) is 4.79 Å². The van der Waals surface area contributed by atoms with Crippen LogP contribution in [0.3, 0.4) is 0 Å². The summed E-state index contributed by atoms with van der Waals surface area (Å²) in [4.78, 5) is 14.6. The molecule has 0 bridgehead atoms. The van der Waals surface area contributed by atoms with Gasteiger partial charge in [0.15, 0.2) is 0 Å². The molecule has 1 aromatic rings. The molecule has 1 aromatic carbocycles. The molecule has 2 rings (SSSR count). The summed E-state index contributed by atoms with van der Waals surface area (Å²) >= 11 is 0. The van der Waals surface area contributed by atoms with E-state index in [4.69, 9.17) is 4.74 Å². The predicted molar refractivity (Wildman–Crippen MR) is 65.8 cm³/mol. The van der Waals surface area contributed by atoms with Gasteiger partial charge in [0, 0.05) is 5.56 Å². The highest BCUT2D eigenvalue weighted by Crippen LogP contribution is 2.40. The van der Waals surface area contributed by atoms with Crippen molar-refractivity contribution in [2.24, 2.45) is 10.9 Å². The predicted octanol–water partition coefficient (Wildman–Crippen LogP) is 3.26. The summed E-state index contributed by atoms with van der Waals surface area (Å²) in [6.45, 7) is 0. The fourth-order valence-electron chi connectivity index (χ4n) is 2.67. The van der Waals surface area contributed by atoms with Gasteiger partial charge in [0.05, 0.1) is 13.2 Å². The number of aliphatic imine (C=N–C) groups is 1. The first-order valence-electron chi connectivity index (χ1n) is 6.06. The quantitative estimate of drug-likeness (QED) is 0.589. The van der Waals surface area contributed by atoms with E-state index in [2.05, 4.69) is 4.99 Å². The maximum absolute atomic E-state index is 10.6. The third kappa shape index (κ3) is 2.56. The molecule has 0 heterocycles. The van der Waals surface area contributed by atoms with Gasteiger partial charge in [-0.1, -0.05) is 31.0 Å². The number of carbonyl (C=O) groups excluding carboxylic acids is 1. The molecular weight excluding hydrogens is 214 g/mol. The van der Waals surface area contributed by atoms with Crippen LogP contribution < -0.4 is 4.74 Å². The second-order valence-electron chi connectivity index (χ2n) is 4.45. The highest BCUT2D eigenvalue weighted by molar-refractivity contribution is 5.41. The van der Waals surface area contributed by atoms with E-state index in [1.807, 2.05) is 24.3 Å². The van der Waals surface area contributed by atoms with E-state index in [0.717, 1.165) is 24.2 Å². The van der Waals surface area contributed by atoms with E-state index in [-0.39, 0.29) is 6.04 Å². The Morgan fingerprint density at radius 1 is 1.35 bits per heavy atom. The highest BCUT2D eigenvalue weighted by Gasteiger charge is 2.28. The van der Waals surface area contributed by atoms with E-state index < -0.39 is 0 Å². The van der Waals surface area contributed by atoms with Crippen LogP contribution in [0.4, 0.5) is 0 Å². The lowest BCUT2D eigenvalue weighted by Gasteiger charge is -2.20. The number of isocyanates is 1. The average molecular weight is 231 g/mol. The number of ether oxygens (including phenoxy) is 1. The van der Waals surface area contributed by atoms with Crippen LogP contribution >= 0.6 is 0 Å². The monoisotopic (exact) mass is 231 g/mol.